The van der Waals surface area contributed by atoms with Crippen molar-refractivity contribution in [2.24, 2.45) is 0 Å². The predicted molar refractivity (Wildman–Crippen MR) is 106 cm³/mol. The van der Waals surface area contributed by atoms with Gasteiger partial charge in [0.1, 0.15) is 18.0 Å². The Morgan fingerprint density at radius 2 is 1.83 bits per heavy atom. The zero-order valence-corrected chi connectivity index (χ0v) is 16.9. The van der Waals surface area contributed by atoms with E-state index in [0.717, 1.165) is 12.1 Å². The Bertz CT molecular complexity index is 1060. The molecule has 29 heavy (non-hydrogen) atoms. The second-order valence-electron chi connectivity index (χ2n) is 5.69. The van der Waals surface area contributed by atoms with Crippen LogP contribution in [0.3, 0.4) is 0 Å². The van der Waals surface area contributed by atoms with Crippen LogP contribution in [0.5, 0.6) is 5.75 Å². The predicted octanol–water partition coefficient (Wildman–Crippen LogP) is 2.52. The van der Waals surface area contributed by atoms with Gasteiger partial charge < -0.3 is 10.1 Å². The van der Waals surface area contributed by atoms with Crippen molar-refractivity contribution < 1.29 is 27.7 Å². The number of nitro groups is 1. The molecular weight excluding hydrogens is 426 g/mol. The molecule has 0 aliphatic carbocycles. The Kier molecular flexibility index (Phi) is 6.77. The van der Waals surface area contributed by atoms with Crippen LogP contribution in [-0.4, -0.2) is 38.1 Å². The summed E-state index contributed by atoms with van der Waals surface area (Å²) >= 11 is 5.43. The van der Waals surface area contributed by atoms with Crippen LogP contribution in [0, 0.1) is 10.1 Å². The van der Waals surface area contributed by atoms with Crippen molar-refractivity contribution in [3.05, 3.63) is 52.6 Å². The number of ether oxygens (including phenoxy) is 1. The number of nitrogens with one attached hydrogen (secondary N) is 1. The third kappa shape index (κ3) is 5.21. The molecule has 2 aromatic rings. The van der Waals surface area contributed by atoms with Crippen LogP contribution in [-0.2, 0) is 19.6 Å². The Hall–Kier alpha value is -3.18. The Balaban J connectivity index is 2.60. The van der Waals surface area contributed by atoms with Crippen LogP contribution in [0.1, 0.15) is 6.92 Å². The summed E-state index contributed by atoms with van der Waals surface area (Å²) in [6.07, 6.45) is 0. The van der Waals surface area contributed by atoms with E-state index in [-0.39, 0.29) is 22.2 Å². The van der Waals surface area contributed by atoms with Gasteiger partial charge in [-0.05, 0) is 41.9 Å². The molecule has 0 saturated carbocycles. The van der Waals surface area contributed by atoms with E-state index < -0.39 is 32.4 Å². The van der Waals surface area contributed by atoms with E-state index in [2.05, 4.69) is 5.32 Å². The van der Waals surface area contributed by atoms with E-state index in [1.165, 1.54) is 44.4 Å². The van der Waals surface area contributed by atoms with Crippen LogP contribution in [0.25, 0.3) is 0 Å². The summed E-state index contributed by atoms with van der Waals surface area (Å²) in [5.41, 5.74) is -0.255. The number of hydrogen-bond acceptors (Lipinski definition) is 7. The standard InChI is InChI=1S/C17H16ClN3O7S/c1-11(22)19-12-3-6-14(7-4-12)29(26,27)20(10-17(18)23)15-9-13(21(24)25)5-8-16(15)28-2/h3-9H,10H2,1-2H3,(H,19,22). The molecule has 0 radical (unpaired) electrons. The van der Waals surface area contributed by atoms with Gasteiger partial charge in [0, 0.05) is 24.7 Å². The minimum Gasteiger partial charge on any atom is -0.495 e. The van der Waals surface area contributed by atoms with Crippen molar-refractivity contribution in [3.63, 3.8) is 0 Å². The lowest BCUT2D eigenvalue weighted by Crippen LogP contribution is -2.34. The SMILES string of the molecule is COc1ccc([N+](=O)[O-])cc1N(CC(=O)Cl)S(=O)(=O)c1ccc(NC(C)=O)cc1. The molecule has 0 atom stereocenters. The molecule has 0 heterocycles. The minimum absolute atomic E-state index is 0.00745. The number of carbonyl (C=O) groups excluding carboxylic acids is 2. The summed E-state index contributed by atoms with van der Waals surface area (Å²) in [5, 5.41) is 12.6. The van der Waals surface area contributed by atoms with Crippen LogP contribution in [0.4, 0.5) is 17.1 Å². The second kappa shape index (κ2) is 8.88. The summed E-state index contributed by atoms with van der Waals surface area (Å²) in [7, 11) is -3.11. The Labute approximate surface area is 171 Å². The number of amides is 1. The van der Waals surface area contributed by atoms with Gasteiger partial charge in [-0.2, -0.15) is 0 Å². The molecule has 0 aliphatic heterocycles. The molecule has 1 N–H and O–H groups in total. The van der Waals surface area contributed by atoms with E-state index >= 15 is 0 Å². The fourth-order valence-corrected chi connectivity index (χ4v) is 4.05. The maximum Gasteiger partial charge on any atom is 0.271 e. The lowest BCUT2D eigenvalue weighted by Gasteiger charge is -2.24. The van der Waals surface area contributed by atoms with Gasteiger partial charge in [0.25, 0.3) is 15.7 Å². The molecule has 0 aliphatic rings. The molecule has 2 aromatic carbocycles. The average Bonchev–Trinajstić information content (AvgIpc) is 2.65. The summed E-state index contributed by atoms with van der Waals surface area (Å²) in [6, 6.07) is 8.49. The molecule has 0 fully saturated rings. The maximum absolute atomic E-state index is 13.2. The van der Waals surface area contributed by atoms with E-state index in [9.17, 15) is 28.1 Å². The molecule has 1 amide bonds. The van der Waals surface area contributed by atoms with Crippen LogP contribution >= 0.6 is 11.6 Å². The van der Waals surface area contributed by atoms with Gasteiger partial charge in [-0.3, -0.25) is 24.0 Å². The number of non-ortho nitro benzene ring substituents is 1. The molecule has 0 spiro atoms. The molecule has 12 heteroatoms. The smallest absolute Gasteiger partial charge is 0.271 e. The first-order chi connectivity index (χ1) is 13.6. The van der Waals surface area contributed by atoms with Crippen LogP contribution in [0.2, 0.25) is 0 Å². The van der Waals surface area contributed by atoms with Crippen molar-refractivity contribution in [2.75, 3.05) is 23.3 Å². The van der Waals surface area contributed by atoms with Gasteiger partial charge >= 0.3 is 0 Å². The number of anilines is 2. The first-order valence-corrected chi connectivity index (χ1v) is 9.79. The van der Waals surface area contributed by atoms with Crippen LogP contribution < -0.4 is 14.4 Å². The highest BCUT2D eigenvalue weighted by atomic mass is 35.5. The summed E-state index contributed by atoms with van der Waals surface area (Å²) in [4.78, 5) is 32.8. The molecule has 0 saturated heterocycles. The topological polar surface area (TPSA) is 136 Å². The van der Waals surface area contributed by atoms with Gasteiger partial charge in [-0.25, -0.2) is 8.42 Å². The minimum atomic E-state index is -4.36. The van der Waals surface area contributed by atoms with Crippen LogP contribution in [0.15, 0.2) is 47.4 Å². The number of carbonyl (C=O) groups is 2. The van der Waals surface area contributed by atoms with Crippen molar-refractivity contribution in [1.82, 2.24) is 0 Å². The number of nitrogens with zero attached hydrogens (tertiary/aromatic N) is 2. The largest absolute Gasteiger partial charge is 0.495 e. The third-order valence-corrected chi connectivity index (χ3v) is 5.57. The number of hydrogen-bond donors (Lipinski definition) is 1. The first kappa shape index (κ1) is 22.1. The molecule has 10 nitrogen and oxygen atoms in total. The molecular formula is C17H16ClN3O7S. The molecule has 0 unspecified atom stereocenters. The Morgan fingerprint density at radius 3 is 2.31 bits per heavy atom. The number of nitro benzene ring substituents is 1. The normalized spacial score (nSPS) is 10.9. The molecule has 2 rings (SSSR count). The second-order valence-corrected chi connectivity index (χ2v) is 7.97. The number of rotatable bonds is 8. The van der Waals surface area contributed by atoms with Gasteiger partial charge in [-0.1, -0.05) is 0 Å². The molecule has 0 bridgehead atoms. The maximum atomic E-state index is 13.2. The summed E-state index contributed by atoms with van der Waals surface area (Å²) in [6.45, 7) is 0.516. The molecule has 154 valence electrons. The fourth-order valence-electron chi connectivity index (χ4n) is 2.44. The van der Waals surface area contributed by atoms with Crippen molar-refractivity contribution in [3.8, 4) is 5.75 Å². The zero-order chi connectivity index (χ0) is 21.8. The number of methoxy groups -OCH3 is 1. The quantitative estimate of drug-likeness (QED) is 0.377. The molecule has 0 aromatic heterocycles. The van der Waals surface area contributed by atoms with Gasteiger partial charge in [0.05, 0.1) is 16.9 Å². The lowest BCUT2D eigenvalue weighted by molar-refractivity contribution is -0.384. The highest BCUT2D eigenvalue weighted by molar-refractivity contribution is 7.92. The van der Waals surface area contributed by atoms with Crippen molar-refractivity contribution in [2.45, 2.75) is 11.8 Å². The Morgan fingerprint density at radius 1 is 1.21 bits per heavy atom. The average molecular weight is 442 g/mol. The van der Waals surface area contributed by atoms with Gasteiger partial charge in [0.2, 0.25) is 11.1 Å². The van der Waals surface area contributed by atoms with Gasteiger partial charge in [0.15, 0.2) is 0 Å². The first-order valence-electron chi connectivity index (χ1n) is 7.97. The van der Waals surface area contributed by atoms with E-state index in [1.54, 1.807) is 0 Å². The number of benzene rings is 2. The summed E-state index contributed by atoms with van der Waals surface area (Å²) in [5.74, 6) is -0.344. The van der Waals surface area contributed by atoms with E-state index in [1.807, 2.05) is 0 Å². The summed E-state index contributed by atoms with van der Waals surface area (Å²) < 4.78 is 32.0. The lowest BCUT2D eigenvalue weighted by atomic mass is 10.2. The monoisotopic (exact) mass is 441 g/mol. The third-order valence-electron chi connectivity index (χ3n) is 3.67. The van der Waals surface area contributed by atoms with Crippen molar-refractivity contribution >= 4 is 49.8 Å². The van der Waals surface area contributed by atoms with Crippen molar-refractivity contribution in [1.29, 1.82) is 0 Å². The van der Waals surface area contributed by atoms with E-state index in [0.29, 0.717) is 9.99 Å². The highest BCUT2D eigenvalue weighted by Crippen LogP contribution is 2.35. The number of sulfonamides is 1. The van der Waals surface area contributed by atoms with Gasteiger partial charge in [-0.15, -0.1) is 0 Å². The number of halogens is 1. The van der Waals surface area contributed by atoms with E-state index in [4.69, 9.17) is 16.3 Å². The highest BCUT2D eigenvalue weighted by Gasteiger charge is 2.30. The zero-order valence-electron chi connectivity index (χ0n) is 15.3. The fraction of sp³-hybridized carbons (Fsp3) is 0.176.